The molecule has 0 fully saturated rings. The van der Waals surface area contributed by atoms with Crippen molar-refractivity contribution in [3.05, 3.63) is 101 Å². The summed E-state index contributed by atoms with van der Waals surface area (Å²) in [6.45, 7) is 4.51. The summed E-state index contributed by atoms with van der Waals surface area (Å²) in [6, 6.07) is 21.9. The Hall–Kier alpha value is -4.19. The molecule has 0 spiro atoms. The normalized spacial score (nSPS) is 14.1. The molecule has 0 unspecified atom stereocenters. The number of aryl methyl sites for hydroxylation is 1. The first kappa shape index (κ1) is 24.0. The lowest BCUT2D eigenvalue weighted by Crippen LogP contribution is -2.31. The third kappa shape index (κ3) is 5.49. The molecule has 178 valence electrons. The van der Waals surface area contributed by atoms with Gasteiger partial charge in [-0.25, -0.2) is 4.79 Å². The number of esters is 1. The highest BCUT2D eigenvalue weighted by Gasteiger charge is 2.24. The lowest BCUT2D eigenvalue weighted by molar-refractivity contribution is -0.137. The maximum atomic E-state index is 13.5. The quantitative estimate of drug-likeness (QED) is 0.389. The third-order valence-electron chi connectivity index (χ3n) is 5.97. The van der Waals surface area contributed by atoms with Crippen LogP contribution in [-0.4, -0.2) is 30.9 Å². The minimum absolute atomic E-state index is 0.133. The van der Waals surface area contributed by atoms with Crippen LogP contribution in [0.15, 0.2) is 78.9 Å². The van der Waals surface area contributed by atoms with Gasteiger partial charge in [0.2, 0.25) is 0 Å². The van der Waals surface area contributed by atoms with Gasteiger partial charge in [0.1, 0.15) is 0 Å². The zero-order chi connectivity index (χ0) is 24.8. The van der Waals surface area contributed by atoms with Gasteiger partial charge in [0.25, 0.3) is 11.8 Å². The molecule has 35 heavy (non-hydrogen) atoms. The number of allylic oxidation sites excluding steroid dienone is 1. The summed E-state index contributed by atoms with van der Waals surface area (Å²) in [5, 5.41) is 2.89. The summed E-state index contributed by atoms with van der Waals surface area (Å²) >= 11 is 0. The van der Waals surface area contributed by atoms with Crippen molar-refractivity contribution in [3.8, 4) is 0 Å². The van der Waals surface area contributed by atoms with Gasteiger partial charge in [-0.1, -0.05) is 36.4 Å². The Morgan fingerprint density at radius 1 is 0.971 bits per heavy atom. The molecule has 1 N–H and O–H groups in total. The van der Waals surface area contributed by atoms with Gasteiger partial charge >= 0.3 is 5.97 Å². The Morgan fingerprint density at radius 2 is 1.69 bits per heavy atom. The molecule has 3 aromatic carbocycles. The molecule has 0 aliphatic carbocycles. The lowest BCUT2D eigenvalue weighted by Gasteiger charge is -2.23. The second-order valence-electron chi connectivity index (χ2n) is 8.35. The summed E-state index contributed by atoms with van der Waals surface area (Å²) in [5.74, 6) is -0.698. The van der Waals surface area contributed by atoms with E-state index in [1.165, 1.54) is 6.08 Å². The van der Waals surface area contributed by atoms with Gasteiger partial charge in [-0.05, 0) is 74.2 Å². The van der Waals surface area contributed by atoms with Crippen LogP contribution in [0.1, 0.15) is 51.6 Å². The fraction of sp³-hybridized carbons (Fsp3) is 0.207. The minimum atomic E-state index is -0.375. The van der Waals surface area contributed by atoms with Gasteiger partial charge in [0.15, 0.2) is 0 Å². The van der Waals surface area contributed by atoms with Crippen molar-refractivity contribution in [2.75, 3.05) is 23.4 Å². The van der Waals surface area contributed by atoms with Crippen LogP contribution in [0.25, 0.3) is 5.57 Å². The second-order valence-corrected chi connectivity index (χ2v) is 8.35. The number of benzene rings is 3. The molecule has 0 saturated carbocycles. The number of nitrogens with zero attached hydrogens (tertiary/aromatic N) is 1. The van der Waals surface area contributed by atoms with Crippen LogP contribution in [-0.2, 0) is 9.53 Å². The van der Waals surface area contributed by atoms with E-state index in [0.29, 0.717) is 36.4 Å². The van der Waals surface area contributed by atoms with Crippen molar-refractivity contribution in [2.45, 2.75) is 26.7 Å². The lowest BCUT2D eigenvalue weighted by atomic mass is 10.0. The molecule has 6 heteroatoms. The molecule has 1 aliphatic rings. The van der Waals surface area contributed by atoms with Crippen LogP contribution in [0.2, 0.25) is 0 Å². The molecule has 0 bridgehead atoms. The predicted molar refractivity (Wildman–Crippen MR) is 138 cm³/mol. The van der Waals surface area contributed by atoms with Crippen molar-refractivity contribution in [1.82, 2.24) is 0 Å². The first-order chi connectivity index (χ1) is 17.0. The average Bonchev–Trinajstić information content (AvgIpc) is 3.04. The van der Waals surface area contributed by atoms with Gasteiger partial charge < -0.3 is 15.0 Å². The molecule has 0 radical (unpaired) electrons. The van der Waals surface area contributed by atoms with E-state index in [1.54, 1.807) is 42.2 Å². The first-order valence-corrected chi connectivity index (χ1v) is 11.7. The number of ether oxygens (including phenoxy) is 1. The standard InChI is InChI=1S/C29H28N2O4/c1-3-35-27(32)19-22-10-8-18-31(26-13-7-6-12-25(22)26)29(34)21-14-16-23(17-15-21)30-28(33)24-11-5-4-9-20(24)2/h4-7,9,11-17,19H,3,8,10,18H2,1-2H3,(H,30,33)/b22-19-. The van der Waals surface area contributed by atoms with Crippen LogP contribution < -0.4 is 10.2 Å². The smallest absolute Gasteiger partial charge is 0.331 e. The van der Waals surface area contributed by atoms with E-state index in [1.807, 2.05) is 49.4 Å². The summed E-state index contributed by atoms with van der Waals surface area (Å²) in [6.07, 6.45) is 2.92. The maximum absolute atomic E-state index is 13.5. The van der Waals surface area contributed by atoms with E-state index in [-0.39, 0.29) is 17.8 Å². The van der Waals surface area contributed by atoms with Crippen LogP contribution in [0, 0.1) is 6.92 Å². The van der Waals surface area contributed by atoms with Gasteiger partial charge in [-0.2, -0.15) is 0 Å². The molecule has 1 aliphatic heterocycles. The monoisotopic (exact) mass is 468 g/mol. The summed E-state index contributed by atoms with van der Waals surface area (Å²) in [5.41, 5.74) is 5.13. The number of fused-ring (bicyclic) bond motifs is 1. The minimum Gasteiger partial charge on any atom is -0.463 e. The fourth-order valence-corrected chi connectivity index (χ4v) is 4.23. The number of para-hydroxylation sites is 1. The van der Waals surface area contributed by atoms with Crippen molar-refractivity contribution in [3.63, 3.8) is 0 Å². The van der Waals surface area contributed by atoms with Gasteiger partial charge in [-0.15, -0.1) is 0 Å². The number of amides is 2. The van der Waals surface area contributed by atoms with Crippen molar-refractivity contribution in [2.24, 2.45) is 0 Å². The number of hydrogen-bond acceptors (Lipinski definition) is 4. The van der Waals surface area contributed by atoms with E-state index in [0.717, 1.165) is 28.8 Å². The molecule has 3 aromatic rings. The maximum Gasteiger partial charge on any atom is 0.331 e. The Kier molecular flexibility index (Phi) is 7.41. The van der Waals surface area contributed by atoms with Crippen LogP contribution >= 0.6 is 0 Å². The predicted octanol–water partition coefficient (Wildman–Crippen LogP) is 5.63. The number of carbonyl (C=O) groups is 3. The van der Waals surface area contributed by atoms with Crippen molar-refractivity contribution in [1.29, 1.82) is 0 Å². The molecular weight excluding hydrogens is 440 g/mol. The molecule has 2 amide bonds. The molecule has 0 atom stereocenters. The average molecular weight is 469 g/mol. The highest BCUT2D eigenvalue weighted by atomic mass is 16.5. The largest absolute Gasteiger partial charge is 0.463 e. The summed E-state index contributed by atoms with van der Waals surface area (Å²) < 4.78 is 5.09. The Balaban J connectivity index is 1.55. The number of hydrogen-bond donors (Lipinski definition) is 1. The van der Waals surface area contributed by atoms with E-state index in [9.17, 15) is 14.4 Å². The van der Waals surface area contributed by atoms with Gasteiger partial charge in [0.05, 0.1) is 12.3 Å². The zero-order valence-electron chi connectivity index (χ0n) is 19.9. The number of nitrogens with one attached hydrogen (secondary N) is 1. The molecule has 0 aromatic heterocycles. The zero-order valence-corrected chi connectivity index (χ0v) is 19.9. The molecule has 4 rings (SSSR count). The Labute approximate surface area is 205 Å². The van der Waals surface area contributed by atoms with E-state index >= 15 is 0 Å². The third-order valence-corrected chi connectivity index (χ3v) is 5.97. The number of rotatable bonds is 5. The van der Waals surface area contributed by atoms with Crippen molar-refractivity contribution >= 4 is 34.7 Å². The first-order valence-electron chi connectivity index (χ1n) is 11.7. The summed E-state index contributed by atoms with van der Waals surface area (Å²) in [7, 11) is 0. The molecule has 1 heterocycles. The number of carbonyl (C=O) groups excluding carboxylic acids is 3. The second kappa shape index (κ2) is 10.8. The molecular formula is C29H28N2O4. The van der Waals surface area contributed by atoms with E-state index < -0.39 is 0 Å². The van der Waals surface area contributed by atoms with E-state index in [4.69, 9.17) is 4.74 Å². The Morgan fingerprint density at radius 3 is 2.43 bits per heavy atom. The fourth-order valence-electron chi connectivity index (χ4n) is 4.23. The van der Waals surface area contributed by atoms with Crippen LogP contribution in [0.4, 0.5) is 11.4 Å². The molecule has 0 saturated heterocycles. The van der Waals surface area contributed by atoms with E-state index in [2.05, 4.69) is 5.32 Å². The van der Waals surface area contributed by atoms with Gasteiger partial charge in [-0.3, -0.25) is 9.59 Å². The van der Waals surface area contributed by atoms with Crippen molar-refractivity contribution < 1.29 is 19.1 Å². The van der Waals surface area contributed by atoms with Crippen LogP contribution in [0.5, 0.6) is 0 Å². The Bertz CT molecular complexity index is 1280. The molecule has 6 nitrogen and oxygen atoms in total. The van der Waals surface area contributed by atoms with Gasteiger partial charge in [0, 0.05) is 35.0 Å². The SMILES string of the molecule is CCOC(=O)/C=C1/CCCN(C(=O)c2ccc(NC(=O)c3ccccc3C)cc2)c2ccccc21. The summed E-state index contributed by atoms with van der Waals surface area (Å²) in [4.78, 5) is 39.9. The number of anilines is 2. The highest BCUT2D eigenvalue weighted by molar-refractivity contribution is 6.09. The topological polar surface area (TPSA) is 75.7 Å². The van der Waals surface area contributed by atoms with Crippen LogP contribution in [0.3, 0.4) is 0 Å². The highest BCUT2D eigenvalue weighted by Crippen LogP contribution is 2.34.